The van der Waals surface area contributed by atoms with Gasteiger partial charge in [0.15, 0.2) is 0 Å². The van der Waals surface area contributed by atoms with Gasteiger partial charge in [0, 0.05) is 10.7 Å². The fourth-order valence-corrected chi connectivity index (χ4v) is 3.90. The van der Waals surface area contributed by atoms with E-state index >= 15 is 0 Å². The predicted molar refractivity (Wildman–Crippen MR) is 94.4 cm³/mol. The van der Waals surface area contributed by atoms with Crippen LogP contribution in [-0.2, 0) is 5.41 Å². The second-order valence-corrected chi connectivity index (χ2v) is 6.76. The second kappa shape index (κ2) is 6.01. The zero-order valence-electron chi connectivity index (χ0n) is 14.5. The summed E-state index contributed by atoms with van der Waals surface area (Å²) in [7, 11) is 1.57. The summed E-state index contributed by atoms with van der Waals surface area (Å²) in [5.74, 6) is 1.01. The van der Waals surface area contributed by atoms with Crippen molar-refractivity contribution < 1.29 is 9.47 Å². The summed E-state index contributed by atoms with van der Waals surface area (Å²) in [6, 6.07) is 7.67. The highest BCUT2D eigenvalue weighted by atomic mass is 35.5. The van der Waals surface area contributed by atoms with Crippen LogP contribution >= 0.6 is 11.6 Å². The number of nitrogens with two attached hydrogens (primary N) is 1. The van der Waals surface area contributed by atoms with E-state index in [1.54, 1.807) is 13.2 Å². The third-order valence-electron chi connectivity index (χ3n) is 4.70. The molecule has 2 aromatic rings. The number of hydrogen-bond acceptors (Lipinski definition) is 5. The standard InChI is InChI=1S/C18H19ClN4O2/c1-9(2)18(11-5-12(19)7-13(6-11)24-4)14(8-20)16(21)25-17-15(18)10(3)22-23-17/h5-7,9H,21H2,1-4H3,(H,22,23). The highest BCUT2D eigenvalue weighted by Gasteiger charge is 2.50. The van der Waals surface area contributed by atoms with Crippen molar-refractivity contribution in [3.63, 3.8) is 0 Å². The van der Waals surface area contributed by atoms with E-state index in [1.807, 2.05) is 32.9 Å². The first-order chi connectivity index (χ1) is 11.9. The Bertz CT molecular complexity index is 910. The van der Waals surface area contributed by atoms with Gasteiger partial charge in [-0.3, -0.25) is 5.10 Å². The van der Waals surface area contributed by atoms with Gasteiger partial charge >= 0.3 is 0 Å². The number of hydrogen-bond donors (Lipinski definition) is 2. The average molecular weight is 359 g/mol. The molecule has 0 amide bonds. The summed E-state index contributed by atoms with van der Waals surface area (Å²) < 4.78 is 11.0. The Labute approximate surface area is 151 Å². The molecule has 3 rings (SSSR count). The van der Waals surface area contributed by atoms with Crippen molar-refractivity contribution >= 4 is 11.6 Å². The molecule has 1 atom stereocenters. The quantitative estimate of drug-likeness (QED) is 0.876. The first kappa shape index (κ1) is 17.2. The predicted octanol–water partition coefficient (Wildman–Crippen LogP) is 3.41. The molecule has 0 spiro atoms. The van der Waals surface area contributed by atoms with Gasteiger partial charge in [0.25, 0.3) is 0 Å². The van der Waals surface area contributed by atoms with E-state index in [4.69, 9.17) is 26.8 Å². The smallest absolute Gasteiger partial charge is 0.244 e. The molecule has 1 unspecified atom stereocenters. The van der Waals surface area contributed by atoms with Gasteiger partial charge in [-0.1, -0.05) is 25.4 Å². The van der Waals surface area contributed by atoms with Gasteiger partial charge in [0.05, 0.1) is 18.1 Å². The van der Waals surface area contributed by atoms with Crippen LogP contribution in [0.1, 0.15) is 30.7 Å². The lowest BCUT2D eigenvalue weighted by molar-refractivity contribution is 0.322. The molecule has 0 saturated carbocycles. The third kappa shape index (κ3) is 2.35. The number of methoxy groups -OCH3 is 1. The zero-order valence-corrected chi connectivity index (χ0v) is 15.2. The van der Waals surface area contributed by atoms with Gasteiger partial charge in [-0.25, -0.2) is 0 Å². The number of rotatable bonds is 3. The van der Waals surface area contributed by atoms with Crippen LogP contribution in [0.3, 0.4) is 0 Å². The molecule has 25 heavy (non-hydrogen) atoms. The summed E-state index contributed by atoms with van der Waals surface area (Å²) in [6.45, 7) is 5.95. The Kier molecular flexibility index (Phi) is 4.13. The van der Waals surface area contributed by atoms with Crippen molar-refractivity contribution in [2.24, 2.45) is 11.7 Å². The normalized spacial score (nSPS) is 19.4. The number of benzene rings is 1. The van der Waals surface area contributed by atoms with Crippen LogP contribution in [-0.4, -0.2) is 17.3 Å². The van der Waals surface area contributed by atoms with Gasteiger partial charge in [0.2, 0.25) is 11.8 Å². The molecule has 7 heteroatoms. The molecular formula is C18H19ClN4O2. The topological polar surface area (TPSA) is 96.9 Å². The van der Waals surface area contributed by atoms with Gasteiger partial charge in [-0.15, -0.1) is 5.10 Å². The zero-order chi connectivity index (χ0) is 18.4. The van der Waals surface area contributed by atoms with E-state index in [2.05, 4.69) is 16.3 Å². The molecule has 0 saturated heterocycles. The van der Waals surface area contributed by atoms with E-state index in [0.29, 0.717) is 22.2 Å². The average Bonchev–Trinajstić information content (AvgIpc) is 2.93. The third-order valence-corrected chi connectivity index (χ3v) is 4.91. The van der Waals surface area contributed by atoms with Crippen molar-refractivity contribution in [3.8, 4) is 17.7 Å². The molecule has 6 nitrogen and oxygen atoms in total. The van der Waals surface area contributed by atoms with Crippen LogP contribution in [0.15, 0.2) is 29.7 Å². The molecule has 0 fully saturated rings. The summed E-state index contributed by atoms with van der Waals surface area (Å²) >= 11 is 6.32. The number of aromatic nitrogens is 2. The molecule has 3 N–H and O–H groups in total. The minimum atomic E-state index is -0.846. The first-order valence-electron chi connectivity index (χ1n) is 7.84. The molecule has 0 bridgehead atoms. The summed E-state index contributed by atoms with van der Waals surface area (Å²) in [5.41, 5.74) is 7.98. The molecule has 1 aliphatic heterocycles. The number of aryl methyl sites for hydroxylation is 1. The molecule has 1 aromatic heterocycles. The molecule has 130 valence electrons. The fourth-order valence-electron chi connectivity index (χ4n) is 3.67. The first-order valence-corrected chi connectivity index (χ1v) is 8.22. The van der Waals surface area contributed by atoms with Crippen LogP contribution in [0.2, 0.25) is 5.02 Å². The van der Waals surface area contributed by atoms with E-state index in [-0.39, 0.29) is 11.8 Å². The Morgan fingerprint density at radius 3 is 2.72 bits per heavy atom. The molecular weight excluding hydrogens is 340 g/mol. The Morgan fingerprint density at radius 1 is 1.40 bits per heavy atom. The minimum absolute atomic E-state index is 0.0252. The maximum Gasteiger partial charge on any atom is 0.244 e. The Morgan fingerprint density at radius 2 is 2.12 bits per heavy atom. The number of ether oxygens (including phenoxy) is 2. The number of allylic oxidation sites excluding steroid dienone is 1. The SMILES string of the molecule is COc1cc(Cl)cc(C2(C(C)C)C(C#N)=C(N)Oc3n[nH]c(C)c32)c1. The van der Waals surface area contributed by atoms with Crippen molar-refractivity contribution in [2.45, 2.75) is 26.2 Å². The summed E-state index contributed by atoms with van der Waals surface area (Å²) in [6.07, 6.45) is 0. The van der Waals surface area contributed by atoms with Gasteiger partial charge in [-0.05, 0) is 36.6 Å². The molecule has 0 radical (unpaired) electrons. The highest BCUT2D eigenvalue weighted by Crippen LogP contribution is 2.53. The largest absolute Gasteiger partial charge is 0.497 e. The minimum Gasteiger partial charge on any atom is -0.497 e. The lowest BCUT2D eigenvalue weighted by Crippen LogP contribution is -2.41. The molecule has 1 aliphatic rings. The number of H-pyrrole nitrogens is 1. The Hall–Kier alpha value is -2.65. The fraction of sp³-hybridized carbons (Fsp3) is 0.333. The maximum atomic E-state index is 9.89. The molecule has 0 aliphatic carbocycles. The van der Waals surface area contributed by atoms with Gasteiger partial charge in [-0.2, -0.15) is 5.26 Å². The summed E-state index contributed by atoms with van der Waals surface area (Å²) in [4.78, 5) is 0. The maximum absolute atomic E-state index is 9.89. The van der Waals surface area contributed by atoms with E-state index in [1.165, 1.54) is 0 Å². The van der Waals surface area contributed by atoms with E-state index in [0.717, 1.165) is 16.8 Å². The number of fused-ring (bicyclic) bond motifs is 1. The number of nitrogens with one attached hydrogen (secondary N) is 1. The van der Waals surface area contributed by atoms with Crippen LogP contribution in [0, 0.1) is 24.2 Å². The van der Waals surface area contributed by atoms with Crippen LogP contribution in [0.5, 0.6) is 11.6 Å². The second-order valence-electron chi connectivity index (χ2n) is 6.32. The lowest BCUT2D eigenvalue weighted by Gasteiger charge is -2.41. The van der Waals surface area contributed by atoms with Crippen LogP contribution in [0.25, 0.3) is 0 Å². The van der Waals surface area contributed by atoms with Gasteiger partial charge in [0.1, 0.15) is 17.4 Å². The van der Waals surface area contributed by atoms with Crippen LogP contribution in [0.4, 0.5) is 0 Å². The molecule has 2 heterocycles. The van der Waals surface area contributed by atoms with Crippen molar-refractivity contribution in [2.75, 3.05) is 7.11 Å². The number of nitrogens with zero attached hydrogens (tertiary/aromatic N) is 2. The van der Waals surface area contributed by atoms with Crippen molar-refractivity contribution in [1.29, 1.82) is 5.26 Å². The lowest BCUT2D eigenvalue weighted by atomic mass is 9.62. The van der Waals surface area contributed by atoms with E-state index in [9.17, 15) is 5.26 Å². The van der Waals surface area contributed by atoms with Gasteiger partial charge < -0.3 is 15.2 Å². The Balaban J connectivity index is 2.46. The van der Waals surface area contributed by atoms with Crippen LogP contribution < -0.4 is 15.2 Å². The number of halogens is 1. The summed E-state index contributed by atoms with van der Waals surface area (Å²) in [5, 5.41) is 17.6. The molecule has 1 aromatic carbocycles. The number of nitriles is 1. The monoisotopic (exact) mass is 358 g/mol. The van der Waals surface area contributed by atoms with Crippen molar-refractivity contribution in [1.82, 2.24) is 10.2 Å². The van der Waals surface area contributed by atoms with E-state index < -0.39 is 5.41 Å². The highest BCUT2D eigenvalue weighted by molar-refractivity contribution is 6.30. The number of aromatic amines is 1. The van der Waals surface area contributed by atoms with Crippen molar-refractivity contribution in [3.05, 3.63) is 51.5 Å².